The van der Waals surface area contributed by atoms with Gasteiger partial charge in [-0.3, -0.25) is 9.69 Å². The molecule has 168 valence electrons. The molecule has 2 atom stereocenters. The van der Waals surface area contributed by atoms with Gasteiger partial charge in [0, 0.05) is 44.2 Å². The number of benzene rings is 2. The number of carbonyl (C=O) groups excluding carboxylic acids is 1. The van der Waals surface area contributed by atoms with Gasteiger partial charge in [-0.25, -0.2) is 0 Å². The predicted octanol–water partition coefficient (Wildman–Crippen LogP) is 3.99. The summed E-state index contributed by atoms with van der Waals surface area (Å²) < 4.78 is 16.8. The first-order valence-electron chi connectivity index (χ1n) is 11.4. The molecule has 0 saturated carbocycles. The molecule has 6 nitrogen and oxygen atoms in total. The van der Waals surface area contributed by atoms with E-state index in [9.17, 15) is 4.79 Å². The van der Waals surface area contributed by atoms with Crippen LogP contribution in [0.2, 0.25) is 0 Å². The molecule has 6 heteroatoms. The van der Waals surface area contributed by atoms with Gasteiger partial charge >= 0.3 is 0 Å². The first kappa shape index (κ1) is 20.9. The quantitative estimate of drug-likeness (QED) is 0.617. The molecule has 0 radical (unpaired) electrons. The summed E-state index contributed by atoms with van der Waals surface area (Å²) in [6.07, 6.45) is 4.36. The monoisotopic (exact) mass is 434 g/mol. The van der Waals surface area contributed by atoms with Crippen molar-refractivity contribution >= 4 is 5.91 Å². The molecule has 2 aromatic rings. The van der Waals surface area contributed by atoms with E-state index < -0.39 is 0 Å². The van der Waals surface area contributed by atoms with Gasteiger partial charge in [0.25, 0.3) is 0 Å². The summed E-state index contributed by atoms with van der Waals surface area (Å²) in [5, 5.41) is 0. The molecular weight excluding hydrogens is 404 g/mol. The van der Waals surface area contributed by atoms with Crippen LogP contribution in [-0.2, 0) is 17.9 Å². The number of hydrogen-bond acceptors (Lipinski definition) is 5. The van der Waals surface area contributed by atoms with Gasteiger partial charge in [0.15, 0.2) is 11.5 Å². The van der Waals surface area contributed by atoms with E-state index in [0.717, 1.165) is 55.3 Å². The third-order valence-corrected chi connectivity index (χ3v) is 6.74. The Morgan fingerprint density at radius 2 is 1.97 bits per heavy atom. The molecule has 5 rings (SSSR count). The van der Waals surface area contributed by atoms with Gasteiger partial charge in [0.2, 0.25) is 12.7 Å². The number of piperidine rings is 2. The van der Waals surface area contributed by atoms with Gasteiger partial charge in [0.1, 0.15) is 12.4 Å². The number of amides is 1. The molecule has 0 N–H and O–H groups in total. The Bertz CT molecular complexity index is 992. The highest BCUT2D eigenvalue weighted by atomic mass is 16.7. The highest BCUT2D eigenvalue weighted by Gasteiger charge is 2.39. The third-order valence-electron chi connectivity index (χ3n) is 6.74. The average molecular weight is 435 g/mol. The number of rotatable bonds is 7. The molecule has 32 heavy (non-hydrogen) atoms. The average Bonchev–Trinajstić information content (AvgIpc) is 3.28. The van der Waals surface area contributed by atoms with E-state index in [0.29, 0.717) is 31.5 Å². The second-order valence-electron chi connectivity index (χ2n) is 8.81. The lowest BCUT2D eigenvalue weighted by atomic mass is 9.83. The normalized spacial score (nSPS) is 22.5. The summed E-state index contributed by atoms with van der Waals surface area (Å²) in [5.74, 6) is 3.24. The van der Waals surface area contributed by atoms with Crippen molar-refractivity contribution in [1.29, 1.82) is 0 Å². The molecule has 0 bridgehead atoms. The Balaban J connectivity index is 1.25. The number of likely N-dealkylation sites (tertiary alicyclic amines) is 2. The Morgan fingerprint density at radius 3 is 2.88 bits per heavy atom. The van der Waals surface area contributed by atoms with E-state index in [1.807, 2.05) is 30.3 Å². The second-order valence-corrected chi connectivity index (χ2v) is 8.81. The predicted molar refractivity (Wildman–Crippen MR) is 122 cm³/mol. The Morgan fingerprint density at radius 1 is 1.09 bits per heavy atom. The van der Waals surface area contributed by atoms with Crippen molar-refractivity contribution in [3.05, 3.63) is 66.2 Å². The number of para-hydroxylation sites is 1. The maximum absolute atomic E-state index is 12.8. The molecule has 0 spiro atoms. The smallest absolute Gasteiger partial charge is 0.231 e. The Labute approximate surface area is 189 Å². The minimum atomic E-state index is 0.264. The zero-order valence-corrected chi connectivity index (χ0v) is 18.4. The van der Waals surface area contributed by atoms with Crippen molar-refractivity contribution in [2.75, 3.05) is 26.5 Å². The molecule has 1 amide bonds. The summed E-state index contributed by atoms with van der Waals surface area (Å²) in [7, 11) is 0. The fourth-order valence-electron chi connectivity index (χ4n) is 5.18. The first-order chi connectivity index (χ1) is 15.7. The van der Waals surface area contributed by atoms with Gasteiger partial charge in [-0.05, 0) is 42.5 Å². The van der Waals surface area contributed by atoms with E-state index in [1.165, 1.54) is 5.56 Å². The highest BCUT2D eigenvalue weighted by molar-refractivity contribution is 5.77. The SMILES string of the molecule is C=CCOc1ccccc1CN1CC[C@@H]2[C@@H](CCC(=O)N2Cc2ccc3c(c2)OCO3)C1. The molecule has 0 aliphatic carbocycles. The standard InChI is InChI=1S/C26H30N2O4/c1-2-13-30-23-6-4-3-5-21(23)17-27-12-11-22-20(16-27)8-10-26(29)28(22)15-19-7-9-24-25(14-19)32-18-31-24/h2-7,9,14,20,22H,1,8,10-13,15-18H2/t20-,22+/m0/s1. The van der Waals surface area contributed by atoms with Crippen molar-refractivity contribution in [2.45, 2.75) is 38.4 Å². The highest BCUT2D eigenvalue weighted by Crippen LogP contribution is 2.36. The fraction of sp³-hybridized carbons (Fsp3) is 0.423. The van der Waals surface area contributed by atoms with Gasteiger partial charge in [-0.15, -0.1) is 0 Å². The van der Waals surface area contributed by atoms with E-state index >= 15 is 0 Å². The Hall–Kier alpha value is -2.99. The summed E-state index contributed by atoms with van der Waals surface area (Å²) >= 11 is 0. The minimum absolute atomic E-state index is 0.264. The van der Waals surface area contributed by atoms with Crippen molar-refractivity contribution in [1.82, 2.24) is 9.80 Å². The third kappa shape index (κ3) is 4.32. The molecule has 3 aliphatic heterocycles. The van der Waals surface area contributed by atoms with Crippen LogP contribution >= 0.6 is 0 Å². The number of hydrogen-bond donors (Lipinski definition) is 0. The van der Waals surface area contributed by atoms with Crippen LogP contribution in [0.15, 0.2) is 55.1 Å². The van der Waals surface area contributed by atoms with Crippen LogP contribution in [0.1, 0.15) is 30.4 Å². The van der Waals surface area contributed by atoms with Gasteiger partial charge in [-0.1, -0.05) is 36.9 Å². The number of carbonyl (C=O) groups is 1. The van der Waals surface area contributed by atoms with Crippen LogP contribution in [0.25, 0.3) is 0 Å². The molecule has 2 aromatic carbocycles. The maximum atomic E-state index is 12.8. The molecule has 3 heterocycles. The van der Waals surface area contributed by atoms with Crippen molar-refractivity contribution in [2.24, 2.45) is 5.92 Å². The second kappa shape index (κ2) is 9.25. The van der Waals surface area contributed by atoms with E-state index in [1.54, 1.807) is 6.08 Å². The zero-order chi connectivity index (χ0) is 21.9. The topological polar surface area (TPSA) is 51.2 Å². The van der Waals surface area contributed by atoms with Crippen molar-refractivity contribution < 1.29 is 19.0 Å². The fourth-order valence-corrected chi connectivity index (χ4v) is 5.18. The summed E-state index contributed by atoms with van der Waals surface area (Å²) in [4.78, 5) is 17.4. The first-order valence-corrected chi connectivity index (χ1v) is 11.4. The van der Waals surface area contributed by atoms with E-state index in [4.69, 9.17) is 14.2 Å². The van der Waals surface area contributed by atoms with Crippen molar-refractivity contribution in [3.8, 4) is 17.2 Å². The van der Waals surface area contributed by atoms with Crippen LogP contribution in [0, 0.1) is 5.92 Å². The lowest BCUT2D eigenvalue weighted by Crippen LogP contribution is -2.55. The molecule has 2 fully saturated rings. The van der Waals surface area contributed by atoms with Gasteiger partial charge < -0.3 is 19.1 Å². The zero-order valence-electron chi connectivity index (χ0n) is 18.4. The molecule has 2 saturated heterocycles. The van der Waals surface area contributed by atoms with E-state index in [-0.39, 0.29) is 12.7 Å². The van der Waals surface area contributed by atoms with Crippen LogP contribution < -0.4 is 14.2 Å². The number of ether oxygens (including phenoxy) is 3. The molecule has 3 aliphatic rings. The summed E-state index contributed by atoms with van der Waals surface area (Å²) in [6, 6.07) is 14.5. The van der Waals surface area contributed by atoms with Gasteiger partial charge in [-0.2, -0.15) is 0 Å². The van der Waals surface area contributed by atoms with E-state index in [2.05, 4.69) is 28.5 Å². The van der Waals surface area contributed by atoms with Gasteiger partial charge in [0.05, 0.1) is 0 Å². The molecular formula is C26H30N2O4. The van der Waals surface area contributed by atoms with Crippen LogP contribution in [-0.4, -0.2) is 48.2 Å². The molecule has 0 unspecified atom stereocenters. The lowest BCUT2D eigenvalue weighted by Gasteiger charge is -2.47. The summed E-state index contributed by atoms with van der Waals surface area (Å²) in [5.41, 5.74) is 2.30. The number of fused-ring (bicyclic) bond motifs is 2. The minimum Gasteiger partial charge on any atom is -0.489 e. The van der Waals surface area contributed by atoms with Crippen LogP contribution in [0.5, 0.6) is 17.2 Å². The lowest BCUT2D eigenvalue weighted by molar-refractivity contribution is -0.142. The summed E-state index contributed by atoms with van der Waals surface area (Å²) in [6.45, 7) is 8.01. The van der Waals surface area contributed by atoms with Crippen LogP contribution in [0.3, 0.4) is 0 Å². The largest absolute Gasteiger partial charge is 0.489 e. The van der Waals surface area contributed by atoms with Crippen molar-refractivity contribution in [3.63, 3.8) is 0 Å². The van der Waals surface area contributed by atoms with Crippen LogP contribution in [0.4, 0.5) is 0 Å². The molecule has 0 aromatic heterocycles. The maximum Gasteiger partial charge on any atom is 0.231 e. The number of nitrogens with zero attached hydrogens (tertiary/aromatic N) is 2. The Kier molecular flexibility index (Phi) is 6.04.